The van der Waals surface area contributed by atoms with Crippen molar-refractivity contribution < 1.29 is 12.4 Å². The van der Waals surface area contributed by atoms with E-state index in [0.717, 1.165) is 11.1 Å². The summed E-state index contributed by atoms with van der Waals surface area (Å²) in [5, 5.41) is 0. The van der Waals surface area contributed by atoms with Crippen LogP contribution in [0.5, 0.6) is 0 Å². The largest absolute Gasteiger partial charge is 0.395 e. The van der Waals surface area contributed by atoms with Crippen molar-refractivity contribution in [1.82, 2.24) is 0 Å². The third-order valence-electron chi connectivity index (χ3n) is 3.08. The van der Waals surface area contributed by atoms with Crippen LogP contribution in [0, 0.1) is 6.92 Å². The van der Waals surface area contributed by atoms with Gasteiger partial charge >= 0.3 is 10.0 Å². The normalized spacial score (nSPS) is 12.1. The van der Waals surface area contributed by atoms with Crippen molar-refractivity contribution in [2.45, 2.75) is 18.4 Å². The highest BCUT2D eigenvalue weighted by Gasteiger charge is 2.26. The zero-order valence-corrected chi connectivity index (χ0v) is 12.8. The molecule has 0 bridgehead atoms. The van der Waals surface area contributed by atoms with E-state index < -0.39 is 10.0 Å². The molecule has 108 valence electrons. The lowest BCUT2D eigenvalue weighted by Crippen LogP contribution is -2.22. The SMILES string of the molecule is C=C/C=[N+](/Cc1ccccc1)S(=O)(=O)c1ccc(C)cc1. The third kappa shape index (κ3) is 3.67. The highest BCUT2D eigenvalue weighted by Crippen LogP contribution is 2.15. The summed E-state index contributed by atoms with van der Waals surface area (Å²) in [6.07, 6.45) is 2.97. The van der Waals surface area contributed by atoms with Crippen molar-refractivity contribution in [3.05, 3.63) is 78.4 Å². The number of sulfonamides is 1. The minimum Gasteiger partial charge on any atom is -0.158 e. The van der Waals surface area contributed by atoms with Crippen LogP contribution in [0.25, 0.3) is 0 Å². The maximum Gasteiger partial charge on any atom is 0.395 e. The molecule has 0 aliphatic carbocycles. The molecule has 0 fully saturated rings. The molecule has 0 radical (unpaired) electrons. The Balaban J connectivity index is 2.40. The van der Waals surface area contributed by atoms with Crippen LogP contribution in [0.15, 0.2) is 72.1 Å². The first kappa shape index (κ1) is 15.2. The van der Waals surface area contributed by atoms with Crippen LogP contribution < -0.4 is 0 Å². The molecular formula is C17H18NO2S+. The molecule has 0 saturated carbocycles. The molecule has 0 amide bonds. The van der Waals surface area contributed by atoms with E-state index in [0.29, 0.717) is 0 Å². The van der Waals surface area contributed by atoms with Crippen LogP contribution >= 0.6 is 0 Å². The molecule has 3 nitrogen and oxygen atoms in total. The highest BCUT2D eigenvalue weighted by atomic mass is 32.2. The Morgan fingerprint density at radius 2 is 1.67 bits per heavy atom. The second kappa shape index (κ2) is 6.50. The number of hydrogen-bond donors (Lipinski definition) is 0. The molecule has 4 heteroatoms. The molecule has 0 heterocycles. The molecule has 2 rings (SSSR count). The molecule has 0 aliphatic rings. The summed E-state index contributed by atoms with van der Waals surface area (Å²) in [4.78, 5) is 0.280. The summed E-state index contributed by atoms with van der Waals surface area (Å²) in [6, 6.07) is 16.3. The van der Waals surface area contributed by atoms with Crippen LogP contribution in [0.4, 0.5) is 0 Å². The molecule has 0 spiro atoms. The lowest BCUT2D eigenvalue weighted by atomic mass is 10.2. The Morgan fingerprint density at radius 1 is 1.05 bits per heavy atom. The van der Waals surface area contributed by atoms with Crippen molar-refractivity contribution in [3.8, 4) is 0 Å². The van der Waals surface area contributed by atoms with Crippen molar-refractivity contribution >= 4 is 16.2 Å². The maximum absolute atomic E-state index is 12.7. The number of benzene rings is 2. The van der Waals surface area contributed by atoms with Crippen LogP contribution in [0.2, 0.25) is 0 Å². The Kier molecular flexibility index (Phi) is 4.70. The zero-order chi connectivity index (χ0) is 15.3. The summed E-state index contributed by atoms with van der Waals surface area (Å²) in [5.41, 5.74) is 1.95. The summed E-state index contributed by atoms with van der Waals surface area (Å²) >= 11 is 0. The predicted octanol–water partition coefficient (Wildman–Crippen LogP) is 3.15. The van der Waals surface area contributed by atoms with E-state index in [1.165, 1.54) is 16.3 Å². The first-order valence-electron chi connectivity index (χ1n) is 6.62. The van der Waals surface area contributed by atoms with Gasteiger partial charge in [0.2, 0.25) is 0 Å². The second-order valence-corrected chi connectivity index (χ2v) is 6.62. The lowest BCUT2D eigenvalue weighted by Gasteiger charge is -2.05. The highest BCUT2D eigenvalue weighted by molar-refractivity contribution is 7.85. The standard InChI is InChI=1S/C17H18NO2S/c1-3-13-18(14-16-7-5-4-6-8-16)21(19,20)17-11-9-15(2)10-12-17/h3-13H,1,14H2,2H3/q+1/b18-13-. The van der Waals surface area contributed by atoms with Crippen LogP contribution in [0.3, 0.4) is 0 Å². The monoisotopic (exact) mass is 300 g/mol. The van der Waals surface area contributed by atoms with E-state index in [2.05, 4.69) is 6.58 Å². The number of hydrogen-bond acceptors (Lipinski definition) is 2. The van der Waals surface area contributed by atoms with Crippen molar-refractivity contribution in [2.24, 2.45) is 0 Å². The minimum absolute atomic E-state index is 0.280. The van der Waals surface area contributed by atoms with Gasteiger partial charge in [0.15, 0.2) is 12.8 Å². The molecule has 2 aromatic rings. The minimum atomic E-state index is -3.57. The van der Waals surface area contributed by atoms with Crippen LogP contribution in [-0.4, -0.2) is 18.6 Å². The van der Waals surface area contributed by atoms with Gasteiger partial charge in [-0.1, -0.05) is 54.6 Å². The van der Waals surface area contributed by atoms with Gasteiger partial charge in [0, 0.05) is 5.56 Å². The molecule has 0 N–H and O–H groups in total. The van der Waals surface area contributed by atoms with Gasteiger partial charge in [-0.05, 0) is 25.1 Å². The van der Waals surface area contributed by atoms with Gasteiger partial charge in [-0.2, -0.15) is 8.42 Å². The second-order valence-electron chi connectivity index (χ2n) is 4.73. The quantitative estimate of drug-likeness (QED) is 0.628. The van der Waals surface area contributed by atoms with Crippen molar-refractivity contribution in [1.29, 1.82) is 0 Å². The molecule has 0 saturated heterocycles. The fraction of sp³-hybridized carbons (Fsp3) is 0.118. The molecule has 0 aliphatic heterocycles. The average molecular weight is 300 g/mol. The third-order valence-corrected chi connectivity index (χ3v) is 4.82. The van der Waals surface area contributed by atoms with Gasteiger partial charge in [0.25, 0.3) is 0 Å². The molecule has 21 heavy (non-hydrogen) atoms. The Morgan fingerprint density at radius 3 is 2.24 bits per heavy atom. The van der Waals surface area contributed by atoms with E-state index in [4.69, 9.17) is 0 Å². The molecule has 0 unspecified atom stereocenters. The van der Waals surface area contributed by atoms with Gasteiger partial charge in [-0.3, -0.25) is 0 Å². The summed E-state index contributed by atoms with van der Waals surface area (Å²) in [6.45, 7) is 5.81. The summed E-state index contributed by atoms with van der Waals surface area (Å²) < 4.78 is 26.7. The molecule has 0 aromatic heterocycles. The summed E-state index contributed by atoms with van der Waals surface area (Å²) in [7, 11) is -3.57. The number of rotatable bonds is 5. The van der Waals surface area contributed by atoms with Gasteiger partial charge < -0.3 is 0 Å². The topological polar surface area (TPSA) is 37.1 Å². The number of allylic oxidation sites excluding steroid dienone is 1. The first-order valence-corrected chi connectivity index (χ1v) is 8.06. The molecule has 0 atom stereocenters. The molecular weight excluding hydrogens is 282 g/mol. The van der Waals surface area contributed by atoms with Gasteiger partial charge in [0.05, 0.1) is 0 Å². The summed E-state index contributed by atoms with van der Waals surface area (Å²) in [5.74, 6) is 0. The average Bonchev–Trinajstić information content (AvgIpc) is 2.48. The maximum atomic E-state index is 12.7. The number of aryl methyl sites for hydroxylation is 1. The lowest BCUT2D eigenvalue weighted by molar-refractivity contribution is -0.378. The Labute approximate surface area is 125 Å². The van der Waals surface area contributed by atoms with E-state index in [1.807, 2.05) is 37.3 Å². The van der Waals surface area contributed by atoms with E-state index >= 15 is 0 Å². The smallest absolute Gasteiger partial charge is 0.158 e. The van der Waals surface area contributed by atoms with E-state index in [9.17, 15) is 8.42 Å². The van der Waals surface area contributed by atoms with E-state index in [-0.39, 0.29) is 11.4 Å². The van der Waals surface area contributed by atoms with Crippen molar-refractivity contribution in [2.75, 3.05) is 0 Å². The fourth-order valence-electron chi connectivity index (χ4n) is 1.94. The predicted molar refractivity (Wildman–Crippen MR) is 85.0 cm³/mol. The number of nitrogens with zero attached hydrogens (tertiary/aromatic N) is 1. The van der Waals surface area contributed by atoms with Crippen LogP contribution in [-0.2, 0) is 16.6 Å². The molecule has 2 aromatic carbocycles. The Bertz CT molecular complexity index is 745. The van der Waals surface area contributed by atoms with Gasteiger partial charge in [0.1, 0.15) is 4.90 Å². The Hall–Kier alpha value is -2.20. The van der Waals surface area contributed by atoms with E-state index in [1.54, 1.807) is 24.3 Å². The zero-order valence-electron chi connectivity index (χ0n) is 11.9. The van der Waals surface area contributed by atoms with Crippen molar-refractivity contribution in [3.63, 3.8) is 0 Å². The van der Waals surface area contributed by atoms with Gasteiger partial charge in [-0.25, -0.2) is 0 Å². The first-order chi connectivity index (χ1) is 10.0. The van der Waals surface area contributed by atoms with Gasteiger partial charge in [-0.15, -0.1) is 3.98 Å². The van der Waals surface area contributed by atoms with Crippen LogP contribution in [0.1, 0.15) is 11.1 Å². The fourth-order valence-corrected chi connectivity index (χ4v) is 3.26.